The first kappa shape index (κ1) is 13.3. The summed E-state index contributed by atoms with van der Waals surface area (Å²) >= 11 is 5.77. The van der Waals surface area contributed by atoms with Gasteiger partial charge >= 0.3 is 0 Å². The van der Waals surface area contributed by atoms with Gasteiger partial charge in [0.05, 0.1) is 17.4 Å². The van der Waals surface area contributed by atoms with Crippen LogP contribution in [0.2, 0.25) is 5.02 Å². The number of rotatable bonds is 4. The molecule has 1 aromatic heterocycles. The first-order valence-electron chi connectivity index (χ1n) is 6.29. The first-order valence-corrected chi connectivity index (χ1v) is 6.67. The number of halogens is 1. The third kappa shape index (κ3) is 3.68. The van der Waals surface area contributed by atoms with Crippen LogP contribution in [0.3, 0.4) is 0 Å². The maximum absolute atomic E-state index is 8.72. The summed E-state index contributed by atoms with van der Waals surface area (Å²) in [5.41, 5.74) is 0. The summed E-state index contributed by atoms with van der Waals surface area (Å²) < 4.78 is 0. The van der Waals surface area contributed by atoms with Crippen molar-refractivity contribution in [2.45, 2.75) is 19.3 Å². The lowest BCUT2D eigenvalue weighted by molar-refractivity contribution is 0.302. The number of aliphatic hydroxyl groups is 1. The van der Waals surface area contributed by atoms with E-state index in [2.05, 4.69) is 27.0 Å². The number of aliphatic hydroxyl groups excluding tert-OH is 1. The molecule has 0 spiro atoms. The molecule has 1 aliphatic heterocycles. The van der Waals surface area contributed by atoms with Gasteiger partial charge in [0.25, 0.3) is 0 Å². The quantitative estimate of drug-likeness (QED) is 0.851. The van der Waals surface area contributed by atoms with E-state index < -0.39 is 0 Å². The van der Waals surface area contributed by atoms with E-state index in [0.29, 0.717) is 10.9 Å². The fourth-order valence-corrected chi connectivity index (χ4v) is 2.22. The fourth-order valence-electron chi connectivity index (χ4n) is 2.12. The molecule has 1 N–H and O–H groups in total. The Morgan fingerprint density at radius 2 is 2.00 bits per heavy atom. The summed E-state index contributed by atoms with van der Waals surface area (Å²) in [7, 11) is 0. The van der Waals surface area contributed by atoms with Crippen LogP contribution in [0.1, 0.15) is 19.3 Å². The van der Waals surface area contributed by atoms with E-state index in [1.807, 2.05) is 0 Å². The van der Waals surface area contributed by atoms with E-state index in [9.17, 15) is 0 Å². The van der Waals surface area contributed by atoms with Crippen molar-refractivity contribution in [3.63, 3.8) is 0 Å². The summed E-state index contributed by atoms with van der Waals surface area (Å²) in [5.74, 6) is 1.37. The van der Waals surface area contributed by atoms with Gasteiger partial charge in [-0.2, -0.15) is 0 Å². The van der Waals surface area contributed by atoms with Crippen LogP contribution in [-0.2, 0) is 0 Å². The predicted octanol–water partition coefficient (Wildman–Crippen LogP) is 2.29. The third-order valence-corrected chi connectivity index (χ3v) is 3.33. The van der Waals surface area contributed by atoms with Gasteiger partial charge in [0.2, 0.25) is 5.95 Å². The topological polar surface area (TPSA) is 49.2 Å². The molecule has 2 rings (SSSR count). The van der Waals surface area contributed by atoms with Gasteiger partial charge in [-0.1, -0.05) is 23.8 Å². The molecule has 1 aliphatic rings. The second-order valence-electron chi connectivity index (χ2n) is 4.47. The Bertz CT molecular complexity index is 386. The zero-order chi connectivity index (χ0) is 12.8. The van der Waals surface area contributed by atoms with Gasteiger partial charge in [-0.25, -0.2) is 9.97 Å². The normalized spacial score (nSPS) is 17.6. The number of piperidine rings is 1. The zero-order valence-electron chi connectivity index (χ0n) is 10.3. The van der Waals surface area contributed by atoms with Crippen molar-refractivity contribution in [2.24, 2.45) is 5.92 Å². The van der Waals surface area contributed by atoms with Gasteiger partial charge in [-0.15, -0.1) is 0 Å². The summed E-state index contributed by atoms with van der Waals surface area (Å²) in [5, 5.41) is 9.29. The fraction of sp³-hybridized carbons (Fsp3) is 0.538. The SMILES string of the molecule is OCC/C=C/C1CCN(c2ncc(Cl)cn2)CC1. The van der Waals surface area contributed by atoms with Crippen LogP contribution in [0.4, 0.5) is 5.95 Å². The molecule has 0 saturated carbocycles. The maximum atomic E-state index is 8.72. The Labute approximate surface area is 112 Å². The number of nitrogens with zero attached hydrogens (tertiary/aromatic N) is 3. The van der Waals surface area contributed by atoms with Crippen molar-refractivity contribution in [1.29, 1.82) is 0 Å². The van der Waals surface area contributed by atoms with E-state index in [0.717, 1.165) is 38.3 Å². The molecule has 0 bridgehead atoms. The number of hydrogen-bond donors (Lipinski definition) is 1. The Hall–Kier alpha value is -1.13. The molecule has 1 saturated heterocycles. The highest BCUT2D eigenvalue weighted by molar-refractivity contribution is 6.30. The van der Waals surface area contributed by atoms with Gasteiger partial charge < -0.3 is 10.0 Å². The van der Waals surface area contributed by atoms with Crippen LogP contribution in [0, 0.1) is 5.92 Å². The van der Waals surface area contributed by atoms with E-state index in [1.165, 1.54) is 0 Å². The van der Waals surface area contributed by atoms with Crippen molar-refractivity contribution in [1.82, 2.24) is 9.97 Å². The maximum Gasteiger partial charge on any atom is 0.225 e. The largest absolute Gasteiger partial charge is 0.396 e. The molecule has 0 unspecified atom stereocenters. The molecule has 0 atom stereocenters. The highest BCUT2D eigenvalue weighted by Crippen LogP contribution is 2.21. The number of allylic oxidation sites excluding steroid dienone is 1. The van der Waals surface area contributed by atoms with Crippen LogP contribution < -0.4 is 4.90 Å². The highest BCUT2D eigenvalue weighted by Gasteiger charge is 2.18. The van der Waals surface area contributed by atoms with E-state index in [4.69, 9.17) is 16.7 Å². The van der Waals surface area contributed by atoms with Crippen LogP contribution in [0.25, 0.3) is 0 Å². The molecule has 0 amide bonds. The minimum absolute atomic E-state index is 0.230. The number of anilines is 1. The summed E-state index contributed by atoms with van der Waals surface area (Å²) in [6, 6.07) is 0. The molecule has 0 radical (unpaired) electrons. The molecule has 1 aromatic rings. The predicted molar refractivity (Wildman–Crippen MR) is 72.8 cm³/mol. The molecule has 2 heterocycles. The molecule has 1 fully saturated rings. The molecule has 0 aliphatic carbocycles. The number of aromatic nitrogens is 2. The van der Waals surface area contributed by atoms with Crippen LogP contribution in [0.15, 0.2) is 24.5 Å². The molecule has 4 nitrogen and oxygen atoms in total. The van der Waals surface area contributed by atoms with Crippen molar-refractivity contribution >= 4 is 17.5 Å². The summed E-state index contributed by atoms with van der Waals surface area (Å²) in [4.78, 5) is 10.7. The summed E-state index contributed by atoms with van der Waals surface area (Å²) in [6.07, 6.45) is 10.5. The van der Waals surface area contributed by atoms with Crippen molar-refractivity contribution in [3.05, 3.63) is 29.6 Å². The van der Waals surface area contributed by atoms with Crippen LogP contribution >= 0.6 is 11.6 Å². The molecule has 18 heavy (non-hydrogen) atoms. The van der Waals surface area contributed by atoms with Gasteiger partial charge in [-0.3, -0.25) is 0 Å². The molecular formula is C13H18ClN3O. The lowest BCUT2D eigenvalue weighted by Gasteiger charge is -2.30. The van der Waals surface area contributed by atoms with E-state index in [-0.39, 0.29) is 6.61 Å². The van der Waals surface area contributed by atoms with Crippen LogP contribution in [-0.4, -0.2) is 34.8 Å². The average molecular weight is 268 g/mol. The monoisotopic (exact) mass is 267 g/mol. The van der Waals surface area contributed by atoms with Crippen LogP contribution in [0.5, 0.6) is 0 Å². The van der Waals surface area contributed by atoms with Gasteiger partial charge in [0, 0.05) is 19.7 Å². The molecule has 0 aromatic carbocycles. The van der Waals surface area contributed by atoms with Gasteiger partial charge in [-0.05, 0) is 25.2 Å². The Kier molecular flexibility index (Phi) is 4.96. The van der Waals surface area contributed by atoms with E-state index in [1.54, 1.807) is 12.4 Å². The lowest BCUT2D eigenvalue weighted by Crippen LogP contribution is -2.34. The highest BCUT2D eigenvalue weighted by atomic mass is 35.5. The second-order valence-corrected chi connectivity index (χ2v) is 4.90. The Morgan fingerprint density at radius 3 is 2.61 bits per heavy atom. The Balaban J connectivity index is 1.84. The third-order valence-electron chi connectivity index (χ3n) is 3.13. The van der Waals surface area contributed by atoms with Gasteiger partial charge in [0.15, 0.2) is 0 Å². The second kappa shape index (κ2) is 6.71. The minimum Gasteiger partial charge on any atom is -0.396 e. The van der Waals surface area contributed by atoms with Crippen molar-refractivity contribution in [3.8, 4) is 0 Å². The first-order chi connectivity index (χ1) is 8.79. The zero-order valence-corrected chi connectivity index (χ0v) is 11.1. The molecular weight excluding hydrogens is 250 g/mol. The minimum atomic E-state index is 0.230. The standard InChI is InChI=1S/C13H18ClN3O/c14-12-9-15-13(16-10-12)17-6-4-11(5-7-17)3-1-2-8-18/h1,3,9-11,18H,2,4-8H2/b3-1+. The Morgan fingerprint density at radius 1 is 1.33 bits per heavy atom. The van der Waals surface area contributed by atoms with Crippen molar-refractivity contribution in [2.75, 3.05) is 24.6 Å². The summed E-state index contributed by atoms with van der Waals surface area (Å²) in [6.45, 7) is 2.17. The van der Waals surface area contributed by atoms with Gasteiger partial charge in [0.1, 0.15) is 0 Å². The smallest absolute Gasteiger partial charge is 0.225 e. The van der Waals surface area contributed by atoms with Crippen molar-refractivity contribution < 1.29 is 5.11 Å². The average Bonchev–Trinajstić information content (AvgIpc) is 2.41. The number of hydrogen-bond acceptors (Lipinski definition) is 4. The lowest BCUT2D eigenvalue weighted by atomic mass is 9.96. The van der Waals surface area contributed by atoms with E-state index >= 15 is 0 Å². The molecule has 5 heteroatoms. The molecule has 98 valence electrons.